The molecule has 0 aromatic rings. The Morgan fingerprint density at radius 2 is 0.759 bits per heavy atom. The molecule has 3 N–H and O–H groups in total. The van der Waals surface area contributed by atoms with Crippen LogP contribution < -0.4 is 0 Å². The van der Waals surface area contributed by atoms with Crippen LogP contribution in [0, 0.1) is 0 Å². The van der Waals surface area contributed by atoms with Gasteiger partial charge in [0.05, 0.1) is 6.61 Å². The molecule has 0 aromatic carbocycles. The highest BCUT2D eigenvalue weighted by molar-refractivity contribution is 5.74. The summed E-state index contributed by atoms with van der Waals surface area (Å²) in [4.78, 5) is 51.3. The molecule has 6 atom stereocenters. The maximum Gasteiger partial charge on any atom is 0.335 e. The van der Waals surface area contributed by atoms with E-state index in [2.05, 4.69) is 130 Å². The van der Waals surface area contributed by atoms with E-state index in [-0.39, 0.29) is 25.9 Å². The van der Waals surface area contributed by atoms with Gasteiger partial charge in [0.25, 0.3) is 0 Å². The SMILES string of the molecule is CC/C=C\C/C=C\C/C=C\C/C=C\CCCCC(=O)OC(COC(=O)CCCCCCCC/C=C\C/C=C\C/C=C\CCCCC)COC1OC(C(=O)O)C(O)C(O)C1OC(=O)CCCCCCCCCCC/C=C\C/C=C\CCCCC. The topological polar surface area (TPSA) is 175 Å². The van der Waals surface area contributed by atoms with E-state index in [4.69, 9.17) is 23.7 Å². The molecule has 0 spiro atoms. The highest BCUT2D eigenvalue weighted by Crippen LogP contribution is 2.26. The molecule has 0 aromatic heterocycles. The predicted molar refractivity (Wildman–Crippen MR) is 340 cm³/mol. The minimum Gasteiger partial charge on any atom is -0.479 e. The zero-order valence-electron chi connectivity index (χ0n) is 52.2. The van der Waals surface area contributed by atoms with Crippen LogP contribution in [0.3, 0.4) is 0 Å². The fourth-order valence-corrected chi connectivity index (χ4v) is 9.28. The second-order valence-corrected chi connectivity index (χ2v) is 22.0. The first kappa shape index (κ1) is 76.4. The molecule has 12 heteroatoms. The number of rotatable bonds is 55. The van der Waals surface area contributed by atoms with Gasteiger partial charge in [-0.2, -0.15) is 0 Å². The molecule has 83 heavy (non-hydrogen) atoms. The Kier molecular flexibility index (Phi) is 53.2. The first-order valence-corrected chi connectivity index (χ1v) is 32.9. The summed E-state index contributed by atoms with van der Waals surface area (Å²) < 4.78 is 28.5. The van der Waals surface area contributed by atoms with Gasteiger partial charge in [-0.25, -0.2) is 4.79 Å². The fourth-order valence-electron chi connectivity index (χ4n) is 9.28. The van der Waals surface area contributed by atoms with E-state index in [1.54, 1.807) is 0 Å². The van der Waals surface area contributed by atoms with Crippen molar-refractivity contribution in [3.8, 4) is 0 Å². The summed E-state index contributed by atoms with van der Waals surface area (Å²) in [6, 6.07) is 0. The molecular formula is C71H116O12. The first-order valence-electron chi connectivity index (χ1n) is 32.9. The zero-order chi connectivity index (χ0) is 60.3. The second-order valence-electron chi connectivity index (χ2n) is 22.0. The second kappa shape index (κ2) is 57.8. The van der Waals surface area contributed by atoms with Gasteiger partial charge >= 0.3 is 23.9 Å². The zero-order valence-corrected chi connectivity index (χ0v) is 52.2. The molecule has 12 nitrogen and oxygen atoms in total. The first-order chi connectivity index (χ1) is 40.6. The number of aliphatic hydroxyl groups is 2. The van der Waals surface area contributed by atoms with Gasteiger partial charge in [-0.05, 0) is 128 Å². The van der Waals surface area contributed by atoms with E-state index in [0.717, 1.165) is 128 Å². The summed E-state index contributed by atoms with van der Waals surface area (Å²) in [5.41, 5.74) is 0. The molecule has 1 rings (SSSR count). The van der Waals surface area contributed by atoms with Gasteiger partial charge in [0.2, 0.25) is 0 Å². The molecule has 0 radical (unpaired) electrons. The molecule has 1 fully saturated rings. The molecule has 0 amide bonds. The third-order valence-electron chi connectivity index (χ3n) is 14.3. The van der Waals surface area contributed by atoms with Gasteiger partial charge in [0.1, 0.15) is 18.8 Å². The summed E-state index contributed by atoms with van der Waals surface area (Å²) in [5, 5.41) is 31.6. The van der Waals surface area contributed by atoms with Gasteiger partial charge in [-0.3, -0.25) is 14.4 Å². The molecule has 1 aliphatic rings. The summed E-state index contributed by atoms with van der Waals surface area (Å²) in [6.45, 7) is 5.80. The lowest BCUT2D eigenvalue weighted by Gasteiger charge is -2.40. The van der Waals surface area contributed by atoms with E-state index in [1.165, 1.54) is 77.0 Å². The number of esters is 3. The highest BCUT2D eigenvalue weighted by atomic mass is 16.7. The largest absolute Gasteiger partial charge is 0.479 e. The Balaban J connectivity index is 2.68. The number of carbonyl (C=O) groups excluding carboxylic acids is 3. The van der Waals surface area contributed by atoms with Crippen molar-refractivity contribution >= 4 is 23.9 Å². The van der Waals surface area contributed by atoms with Crippen molar-refractivity contribution in [3.05, 3.63) is 109 Å². The van der Waals surface area contributed by atoms with Gasteiger partial charge in [0.15, 0.2) is 24.6 Å². The maximum absolute atomic E-state index is 13.2. The Bertz CT molecular complexity index is 1860. The molecule has 1 saturated heterocycles. The number of aliphatic hydroxyl groups excluding tert-OH is 2. The lowest BCUT2D eigenvalue weighted by Crippen LogP contribution is -2.61. The van der Waals surface area contributed by atoms with Gasteiger partial charge in [-0.1, -0.05) is 226 Å². The molecule has 1 heterocycles. The minimum absolute atomic E-state index is 0.0445. The van der Waals surface area contributed by atoms with Crippen molar-refractivity contribution in [1.29, 1.82) is 0 Å². The fraction of sp³-hybridized carbons (Fsp3) is 0.690. The summed E-state index contributed by atoms with van der Waals surface area (Å²) in [6.07, 6.45) is 66.1. The van der Waals surface area contributed by atoms with Crippen LogP contribution in [-0.2, 0) is 42.9 Å². The molecule has 0 aliphatic carbocycles. The molecule has 472 valence electrons. The van der Waals surface area contributed by atoms with Gasteiger partial charge in [-0.15, -0.1) is 0 Å². The van der Waals surface area contributed by atoms with Crippen molar-refractivity contribution in [2.45, 2.75) is 302 Å². The summed E-state index contributed by atoms with van der Waals surface area (Å²) >= 11 is 0. The Labute approximate surface area is 504 Å². The minimum atomic E-state index is -1.92. The van der Waals surface area contributed by atoms with E-state index in [1.807, 2.05) is 0 Å². The Morgan fingerprint density at radius 3 is 1.18 bits per heavy atom. The smallest absolute Gasteiger partial charge is 0.335 e. The molecule has 0 saturated carbocycles. The number of allylic oxidation sites excluding steroid dienone is 18. The van der Waals surface area contributed by atoms with Crippen LogP contribution in [-0.4, -0.2) is 89.2 Å². The lowest BCUT2D eigenvalue weighted by atomic mass is 9.98. The Hall–Kier alpha value is -4.62. The average Bonchev–Trinajstić information content (AvgIpc) is 3.60. The van der Waals surface area contributed by atoms with E-state index < -0.39 is 67.3 Å². The average molecular weight is 1160 g/mol. The van der Waals surface area contributed by atoms with Gasteiger partial charge < -0.3 is 39.0 Å². The Morgan fingerprint density at radius 1 is 0.410 bits per heavy atom. The lowest BCUT2D eigenvalue weighted by molar-refractivity contribution is -0.301. The summed E-state index contributed by atoms with van der Waals surface area (Å²) in [7, 11) is 0. The monoisotopic (exact) mass is 1160 g/mol. The number of aliphatic carboxylic acids is 1. The molecular weight excluding hydrogens is 1040 g/mol. The highest BCUT2D eigenvalue weighted by Gasteiger charge is 2.50. The van der Waals surface area contributed by atoms with Crippen molar-refractivity contribution in [2.24, 2.45) is 0 Å². The number of hydrogen-bond donors (Lipinski definition) is 3. The van der Waals surface area contributed by atoms with Crippen molar-refractivity contribution in [1.82, 2.24) is 0 Å². The van der Waals surface area contributed by atoms with Gasteiger partial charge in [0, 0.05) is 19.3 Å². The van der Waals surface area contributed by atoms with Crippen LogP contribution >= 0.6 is 0 Å². The maximum atomic E-state index is 13.2. The normalized spacial score (nSPS) is 18.3. The quantitative estimate of drug-likeness (QED) is 0.0228. The number of carboxylic acid groups (broad SMARTS) is 1. The van der Waals surface area contributed by atoms with Crippen molar-refractivity contribution < 1.29 is 58.2 Å². The van der Waals surface area contributed by atoms with Crippen LogP contribution in [0.1, 0.15) is 265 Å². The van der Waals surface area contributed by atoms with Crippen LogP contribution in [0.5, 0.6) is 0 Å². The number of hydrogen-bond acceptors (Lipinski definition) is 11. The van der Waals surface area contributed by atoms with Crippen LogP contribution in [0.15, 0.2) is 109 Å². The van der Waals surface area contributed by atoms with Crippen LogP contribution in [0.4, 0.5) is 0 Å². The molecule has 6 unspecified atom stereocenters. The number of unbranched alkanes of at least 4 members (excludes halogenated alkanes) is 23. The van der Waals surface area contributed by atoms with E-state index >= 15 is 0 Å². The van der Waals surface area contributed by atoms with Crippen molar-refractivity contribution in [2.75, 3.05) is 13.2 Å². The van der Waals surface area contributed by atoms with E-state index in [0.29, 0.717) is 19.3 Å². The third-order valence-corrected chi connectivity index (χ3v) is 14.3. The van der Waals surface area contributed by atoms with Crippen LogP contribution in [0.2, 0.25) is 0 Å². The standard InChI is InChI=1S/C71H116O12/c1-4-7-10-13-16-19-22-25-28-30-32-34-37-39-42-45-48-51-54-57-63(72)79-60-62(81-64(73)58-55-52-49-46-43-40-36-27-24-21-18-15-12-9-6-3)61-80-71-69(67(76)66(75)68(83-71)70(77)78)82-65(74)59-56-53-50-47-44-41-38-35-33-31-29-26-23-20-17-14-11-8-5-2/h9,12,16-21,25-29,32,34,36,43,46,62,66-69,71,75-76H,4-8,10-11,13-15,22-24,30-31,33,35,37-42,44-45,47-61H2,1-3H3,(H,77,78)/b12-9-,19-16-,20-17-,21-18-,28-25-,29-26-,34-32-,36-27-,46-43-. The summed E-state index contributed by atoms with van der Waals surface area (Å²) in [5.74, 6) is -3.20. The molecule has 0 bridgehead atoms. The number of ether oxygens (including phenoxy) is 5. The van der Waals surface area contributed by atoms with E-state index in [9.17, 15) is 34.5 Å². The third kappa shape index (κ3) is 47.3. The molecule has 1 aliphatic heterocycles. The number of carbonyl (C=O) groups is 4. The van der Waals surface area contributed by atoms with Crippen molar-refractivity contribution in [3.63, 3.8) is 0 Å². The number of carboxylic acids is 1. The predicted octanol–water partition coefficient (Wildman–Crippen LogP) is 17.8. The van der Waals surface area contributed by atoms with Crippen LogP contribution in [0.25, 0.3) is 0 Å².